The number of aromatic nitrogens is 2. The summed E-state index contributed by atoms with van der Waals surface area (Å²) < 4.78 is 2.21. The van der Waals surface area contributed by atoms with Gasteiger partial charge in [0.15, 0.2) is 0 Å². The molecule has 0 bridgehead atoms. The van der Waals surface area contributed by atoms with E-state index in [0.29, 0.717) is 6.04 Å². The number of hydrogen-bond donors (Lipinski definition) is 0. The van der Waals surface area contributed by atoms with Crippen molar-refractivity contribution in [3.05, 3.63) is 42.7 Å². The largest absolute Gasteiger partial charge is 0.328 e. The van der Waals surface area contributed by atoms with Crippen molar-refractivity contribution >= 4 is 21.8 Å². The normalized spacial score (nSPS) is 11.7. The molecule has 0 radical (unpaired) electrons. The van der Waals surface area contributed by atoms with Crippen LogP contribution in [0.2, 0.25) is 0 Å². The van der Waals surface area contributed by atoms with Gasteiger partial charge in [-0.3, -0.25) is 0 Å². The SMILES string of the molecule is CC(C)n1cnc2c3ccccc3ccc21. The fraction of sp³-hybridized carbons (Fsp3) is 0.214. The van der Waals surface area contributed by atoms with Gasteiger partial charge in [0.25, 0.3) is 0 Å². The maximum absolute atomic E-state index is 4.53. The molecule has 0 fully saturated rings. The summed E-state index contributed by atoms with van der Waals surface area (Å²) in [6.07, 6.45) is 1.93. The Hall–Kier alpha value is -1.83. The number of fused-ring (bicyclic) bond motifs is 3. The van der Waals surface area contributed by atoms with Gasteiger partial charge in [-0.15, -0.1) is 0 Å². The first-order valence-electron chi connectivity index (χ1n) is 5.61. The molecule has 0 amide bonds. The van der Waals surface area contributed by atoms with E-state index in [9.17, 15) is 0 Å². The molecule has 0 saturated carbocycles. The zero-order valence-electron chi connectivity index (χ0n) is 9.51. The summed E-state index contributed by atoms with van der Waals surface area (Å²) in [5.41, 5.74) is 2.32. The van der Waals surface area contributed by atoms with Crippen LogP contribution in [0.3, 0.4) is 0 Å². The van der Waals surface area contributed by atoms with Crippen LogP contribution in [0.15, 0.2) is 42.7 Å². The quantitative estimate of drug-likeness (QED) is 0.597. The van der Waals surface area contributed by atoms with Gasteiger partial charge in [-0.2, -0.15) is 0 Å². The molecule has 0 N–H and O–H groups in total. The Morgan fingerprint density at radius 3 is 2.69 bits per heavy atom. The van der Waals surface area contributed by atoms with Crippen LogP contribution in [0.4, 0.5) is 0 Å². The Bertz CT molecular complexity index is 650. The second-order valence-corrected chi connectivity index (χ2v) is 4.40. The summed E-state index contributed by atoms with van der Waals surface area (Å²) in [5, 5.41) is 2.49. The van der Waals surface area contributed by atoms with Crippen LogP contribution >= 0.6 is 0 Å². The highest BCUT2D eigenvalue weighted by Crippen LogP contribution is 2.25. The van der Waals surface area contributed by atoms with E-state index in [0.717, 1.165) is 5.52 Å². The molecule has 0 spiro atoms. The lowest BCUT2D eigenvalue weighted by molar-refractivity contribution is 0.617. The van der Waals surface area contributed by atoms with Crippen molar-refractivity contribution < 1.29 is 0 Å². The third-order valence-electron chi connectivity index (χ3n) is 3.03. The van der Waals surface area contributed by atoms with Crippen molar-refractivity contribution in [3.63, 3.8) is 0 Å². The first-order valence-corrected chi connectivity index (χ1v) is 5.61. The van der Waals surface area contributed by atoms with Crippen molar-refractivity contribution in [3.8, 4) is 0 Å². The van der Waals surface area contributed by atoms with Gasteiger partial charge in [0.2, 0.25) is 0 Å². The van der Waals surface area contributed by atoms with Gasteiger partial charge < -0.3 is 4.57 Å². The minimum Gasteiger partial charge on any atom is -0.328 e. The van der Waals surface area contributed by atoms with Gasteiger partial charge >= 0.3 is 0 Å². The third-order valence-corrected chi connectivity index (χ3v) is 3.03. The van der Waals surface area contributed by atoms with E-state index in [-0.39, 0.29) is 0 Å². The Morgan fingerprint density at radius 1 is 1.06 bits per heavy atom. The molecular weight excluding hydrogens is 196 g/mol. The smallest absolute Gasteiger partial charge is 0.0963 e. The maximum Gasteiger partial charge on any atom is 0.0963 e. The minimum absolute atomic E-state index is 0.450. The van der Waals surface area contributed by atoms with Gasteiger partial charge in [-0.1, -0.05) is 30.3 Å². The molecule has 0 aliphatic rings. The number of rotatable bonds is 1. The molecular formula is C14H14N2. The van der Waals surface area contributed by atoms with Crippen molar-refractivity contribution in [1.82, 2.24) is 9.55 Å². The Kier molecular flexibility index (Phi) is 1.96. The molecule has 2 heteroatoms. The lowest BCUT2D eigenvalue weighted by Crippen LogP contribution is -1.97. The van der Waals surface area contributed by atoms with E-state index in [1.807, 2.05) is 6.33 Å². The fourth-order valence-corrected chi connectivity index (χ4v) is 2.18. The topological polar surface area (TPSA) is 17.8 Å². The lowest BCUT2D eigenvalue weighted by Gasteiger charge is -2.08. The lowest BCUT2D eigenvalue weighted by atomic mass is 10.1. The molecule has 0 saturated heterocycles. The van der Waals surface area contributed by atoms with Gasteiger partial charge in [-0.25, -0.2) is 4.98 Å². The number of benzene rings is 2. The van der Waals surface area contributed by atoms with Crippen molar-refractivity contribution in [2.75, 3.05) is 0 Å². The van der Waals surface area contributed by atoms with E-state index in [1.165, 1.54) is 16.3 Å². The molecule has 3 aromatic rings. The van der Waals surface area contributed by atoms with E-state index < -0.39 is 0 Å². The van der Waals surface area contributed by atoms with Gasteiger partial charge in [0, 0.05) is 11.4 Å². The fourth-order valence-electron chi connectivity index (χ4n) is 2.18. The second kappa shape index (κ2) is 3.34. The van der Waals surface area contributed by atoms with E-state index in [2.05, 4.69) is 59.8 Å². The summed E-state index contributed by atoms with van der Waals surface area (Å²) >= 11 is 0. The highest BCUT2D eigenvalue weighted by Gasteiger charge is 2.07. The third kappa shape index (κ3) is 1.23. The van der Waals surface area contributed by atoms with Crippen LogP contribution in [0.5, 0.6) is 0 Å². The first kappa shape index (κ1) is 9.40. The predicted molar refractivity (Wildman–Crippen MR) is 67.6 cm³/mol. The van der Waals surface area contributed by atoms with Gasteiger partial charge in [-0.05, 0) is 25.3 Å². The molecule has 0 aliphatic carbocycles. The minimum atomic E-state index is 0.450. The molecule has 2 nitrogen and oxygen atoms in total. The molecule has 0 atom stereocenters. The number of hydrogen-bond acceptors (Lipinski definition) is 1. The average Bonchev–Trinajstić information content (AvgIpc) is 2.73. The van der Waals surface area contributed by atoms with Gasteiger partial charge in [0.1, 0.15) is 0 Å². The van der Waals surface area contributed by atoms with E-state index in [4.69, 9.17) is 0 Å². The molecule has 1 heterocycles. The van der Waals surface area contributed by atoms with E-state index in [1.54, 1.807) is 0 Å². The Balaban J connectivity index is 2.45. The van der Waals surface area contributed by atoms with Crippen molar-refractivity contribution in [2.24, 2.45) is 0 Å². The summed E-state index contributed by atoms with van der Waals surface area (Å²) in [7, 11) is 0. The maximum atomic E-state index is 4.53. The number of nitrogens with zero attached hydrogens (tertiary/aromatic N) is 2. The monoisotopic (exact) mass is 210 g/mol. The zero-order chi connectivity index (χ0) is 11.1. The summed E-state index contributed by atoms with van der Waals surface area (Å²) in [6.45, 7) is 4.35. The zero-order valence-corrected chi connectivity index (χ0v) is 9.51. The summed E-state index contributed by atoms with van der Waals surface area (Å²) in [6, 6.07) is 13.2. The second-order valence-electron chi connectivity index (χ2n) is 4.40. The molecule has 1 aromatic heterocycles. The van der Waals surface area contributed by atoms with Crippen LogP contribution in [0, 0.1) is 0 Å². The molecule has 2 aromatic carbocycles. The van der Waals surface area contributed by atoms with Crippen LogP contribution < -0.4 is 0 Å². The average molecular weight is 210 g/mol. The summed E-state index contributed by atoms with van der Waals surface area (Å²) in [5.74, 6) is 0. The highest BCUT2D eigenvalue weighted by molar-refractivity contribution is 6.04. The molecule has 80 valence electrons. The van der Waals surface area contributed by atoms with Crippen LogP contribution in [0.25, 0.3) is 21.8 Å². The van der Waals surface area contributed by atoms with Crippen molar-refractivity contribution in [2.45, 2.75) is 19.9 Å². The van der Waals surface area contributed by atoms with Crippen molar-refractivity contribution in [1.29, 1.82) is 0 Å². The number of imidazole rings is 1. The molecule has 16 heavy (non-hydrogen) atoms. The Labute approximate surface area is 94.5 Å². The standard InChI is InChI=1S/C14H14N2/c1-10(2)16-9-15-14-12-6-4-3-5-11(12)7-8-13(14)16/h3-10H,1-2H3. The van der Waals surface area contributed by atoms with Crippen LogP contribution in [-0.4, -0.2) is 9.55 Å². The van der Waals surface area contributed by atoms with Crippen LogP contribution in [0.1, 0.15) is 19.9 Å². The molecule has 0 aliphatic heterocycles. The molecule has 3 rings (SSSR count). The van der Waals surface area contributed by atoms with Crippen LogP contribution in [-0.2, 0) is 0 Å². The molecule has 0 unspecified atom stereocenters. The predicted octanol–water partition coefficient (Wildman–Crippen LogP) is 3.77. The van der Waals surface area contributed by atoms with Gasteiger partial charge in [0.05, 0.1) is 17.4 Å². The highest BCUT2D eigenvalue weighted by atomic mass is 15.1. The Morgan fingerprint density at radius 2 is 1.88 bits per heavy atom. The first-order chi connectivity index (χ1) is 7.77. The van der Waals surface area contributed by atoms with E-state index >= 15 is 0 Å². The summed E-state index contributed by atoms with van der Waals surface area (Å²) in [4.78, 5) is 4.53.